The number of nitrogen functional groups attached to an aromatic ring is 1. The second-order valence-electron chi connectivity index (χ2n) is 3.70. The molecule has 0 unspecified atom stereocenters. The average molecular weight is 193 g/mol. The fraction of sp³-hybridized carbons (Fsp3) is 0.500. The summed E-state index contributed by atoms with van der Waals surface area (Å²) in [6.45, 7) is 0.985. The normalized spacial score (nSPS) is 22.1. The Labute approximate surface area is 82.5 Å². The highest BCUT2D eigenvalue weighted by Gasteiger charge is 2.17. The van der Waals surface area contributed by atoms with Gasteiger partial charge in [0.2, 0.25) is 5.43 Å². The quantitative estimate of drug-likeness (QED) is 0.617. The minimum absolute atomic E-state index is 0.0387. The Morgan fingerprint density at radius 1 is 1.36 bits per heavy atom. The van der Waals surface area contributed by atoms with Gasteiger partial charge in [-0.15, -0.1) is 0 Å². The highest BCUT2D eigenvalue weighted by molar-refractivity contribution is 5.38. The minimum Gasteiger partial charge on any atom is -0.394 e. The lowest BCUT2D eigenvalue weighted by molar-refractivity contribution is 0.410. The zero-order valence-corrected chi connectivity index (χ0v) is 8.05. The average Bonchev–Trinajstić information content (AvgIpc) is 2.23. The van der Waals surface area contributed by atoms with Crippen molar-refractivity contribution in [1.29, 1.82) is 0 Å². The van der Waals surface area contributed by atoms with E-state index in [0.29, 0.717) is 5.69 Å². The Balaban J connectivity index is 2.31. The van der Waals surface area contributed by atoms with Gasteiger partial charge in [-0.1, -0.05) is 6.42 Å². The maximum Gasteiger partial charge on any atom is 0.209 e. The molecule has 0 aromatic carbocycles. The first-order valence-corrected chi connectivity index (χ1v) is 4.99. The minimum atomic E-state index is -0.0387. The van der Waals surface area contributed by atoms with Gasteiger partial charge in [0.15, 0.2) is 0 Å². The van der Waals surface area contributed by atoms with E-state index in [1.54, 1.807) is 6.20 Å². The molecule has 1 aromatic rings. The Morgan fingerprint density at radius 2 is 2.21 bits per heavy atom. The Kier molecular flexibility index (Phi) is 2.54. The standard InChI is InChI=1S/C10H15N3O/c11-8-6-12-5-7(10(8)14)9-3-1-2-4-13-9/h5-6,9,13H,1-4,11H2,(H,12,14)/t9-/m0/s1. The summed E-state index contributed by atoms with van der Waals surface area (Å²) in [6, 6.07) is 0.177. The van der Waals surface area contributed by atoms with E-state index in [1.807, 2.05) is 0 Å². The molecule has 0 saturated carbocycles. The van der Waals surface area contributed by atoms with Crippen molar-refractivity contribution in [1.82, 2.24) is 10.3 Å². The third-order valence-electron chi connectivity index (χ3n) is 2.69. The van der Waals surface area contributed by atoms with Crippen LogP contribution in [0.3, 0.4) is 0 Å². The molecule has 1 aliphatic rings. The van der Waals surface area contributed by atoms with E-state index >= 15 is 0 Å². The lowest BCUT2D eigenvalue weighted by atomic mass is 9.98. The summed E-state index contributed by atoms with van der Waals surface area (Å²) in [4.78, 5) is 14.6. The van der Waals surface area contributed by atoms with Crippen molar-refractivity contribution in [2.45, 2.75) is 25.3 Å². The predicted octanol–water partition coefficient (Wildman–Crippen LogP) is 0.772. The van der Waals surface area contributed by atoms with Crippen LogP contribution in [-0.2, 0) is 0 Å². The summed E-state index contributed by atoms with van der Waals surface area (Å²) < 4.78 is 0. The number of nitrogens with two attached hydrogens (primary N) is 1. The Hall–Kier alpha value is -1.29. The van der Waals surface area contributed by atoms with Gasteiger partial charge >= 0.3 is 0 Å². The third-order valence-corrected chi connectivity index (χ3v) is 2.69. The molecule has 4 nitrogen and oxygen atoms in total. The number of hydrogen-bond donors (Lipinski definition) is 3. The van der Waals surface area contributed by atoms with Crippen LogP contribution in [0, 0.1) is 0 Å². The van der Waals surface area contributed by atoms with E-state index in [2.05, 4.69) is 10.3 Å². The summed E-state index contributed by atoms with van der Waals surface area (Å²) in [6.07, 6.45) is 6.67. The fourth-order valence-corrected chi connectivity index (χ4v) is 1.90. The number of nitrogens with one attached hydrogen (secondary N) is 2. The first kappa shape index (κ1) is 9.27. The summed E-state index contributed by atoms with van der Waals surface area (Å²) in [5.74, 6) is 0. The fourth-order valence-electron chi connectivity index (χ4n) is 1.90. The number of piperidine rings is 1. The first-order chi connectivity index (χ1) is 6.79. The van der Waals surface area contributed by atoms with Crippen LogP contribution in [0.1, 0.15) is 30.9 Å². The molecule has 1 aromatic heterocycles. The molecular weight excluding hydrogens is 178 g/mol. The highest BCUT2D eigenvalue weighted by atomic mass is 16.1. The molecule has 1 aliphatic heterocycles. The summed E-state index contributed by atoms with van der Waals surface area (Å²) >= 11 is 0. The topological polar surface area (TPSA) is 70.9 Å². The van der Waals surface area contributed by atoms with Crippen LogP contribution < -0.4 is 16.5 Å². The predicted molar refractivity (Wildman–Crippen MR) is 56.1 cm³/mol. The van der Waals surface area contributed by atoms with Crippen LogP contribution >= 0.6 is 0 Å². The van der Waals surface area contributed by atoms with Crippen LogP contribution in [0.5, 0.6) is 0 Å². The number of H-pyrrole nitrogens is 1. The zero-order valence-electron chi connectivity index (χ0n) is 8.05. The van der Waals surface area contributed by atoms with Crippen molar-refractivity contribution in [2.75, 3.05) is 12.3 Å². The lowest BCUT2D eigenvalue weighted by Crippen LogP contribution is -2.31. The molecule has 1 atom stereocenters. The van der Waals surface area contributed by atoms with Crippen LogP contribution in [0.15, 0.2) is 17.2 Å². The molecular formula is C10H15N3O. The maximum atomic E-state index is 11.7. The molecule has 0 bridgehead atoms. The number of anilines is 1. The van der Waals surface area contributed by atoms with Crippen LogP contribution in [0.25, 0.3) is 0 Å². The van der Waals surface area contributed by atoms with E-state index in [9.17, 15) is 4.79 Å². The molecule has 0 spiro atoms. The third kappa shape index (κ3) is 1.65. The smallest absolute Gasteiger partial charge is 0.209 e. The van der Waals surface area contributed by atoms with Gasteiger partial charge in [-0.3, -0.25) is 4.79 Å². The van der Waals surface area contributed by atoms with Crippen molar-refractivity contribution in [2.24, 2.45) is 0 Å². The number of aromatic nitrogens is 1. The first-order valence-electron chi connectivity index (χ1n) is 4.99. The molecule has 1 saturated heterocycles. The molecule has 0 radical (unpaired) electrons. The van der Waals surface area contributed by atoms with Gasteiger partial charge in [0.25, 0.3) is 0 Å². The molecule has 2 rings (SSSR count). The summed E-state index contributed by atoms with van der Waals surface area (Å²) in [5, 5.41) is 3.33. The zero-order chi connectivity index (χ0) is 9.97. The van der Waals surface area contributed by atoms with Gasteiger partial charge in [0.05, 0.1) is 5.69 Å². The van der Waals surface area contributed by atoms with E-state index < -0.39 is 0 Å². The number of rotatable bonds is 1. The molecule has 14 heavy (non-hydrogen) atoms. The second kappa shape index (κ2) is 3.84. The van der Waals surface area contributed by atoms with Crippen LogP contribution in [0.4, 0.5) is 5.69 Å². The molecule has 2 heterocycles. The van der Waals surface area contributed by atoms with Gasteiger partial charge in [0, 0.05) is 24.0 Å². The number of pyridine rings is 1. The Morgan fingerprint density at radius 3 is 2.93 bits per heavy atom. The van der Waals surface area contributed by atoms with Gasteiger partial charge in [-0.05, 0) is 19.4 Å². The van der Waals surface area contributed by atoms with Crippen molar-refractivity contribution < 1.29 is 0 Å². The van der Waals surface area contributed by atoms with Crippen LogP contribution in [-0.4, -0.2) is 11.5 Å². The van der Waals surface area contributed by atoms with Gasteiger partial charge in [0.1, 0.15) is 0 Å². The molecule has 4 heteroatoms. The molecule has 0 aliphatic carbocycles. The van der Waals surface area contributed by atoms with Gasteiger partial charge in [-0.25, -0.2) is 0 Å². The van der Waals surface area contributed by atoms with Gasteiger partial charge < -0.3 is 16.0 Å². The molecule has 4 N–H and O–H groups in total. The van der Waals surface area contributed by atoms with Crippen LogP contribution in [0.2, 0.25) is 0 Å². The number of hydrogen-bond acceptors (Lipinski definition) is 3. The molecule has 76 valence electrons. The highest BCUT2D eigenvalue weighted by Crippen LogP contribution is 2.19. The van der Waals surface area contributed by atoms with Crippen molar-refractivity contribution in [3.05, 3.63) is 28.2 Å². The number of aromatic amines is 1. The summed E-state index contributed by atoms with van der Waals surface area (Å²) in [5.41, 5.74) is 6.59. The monoisotopic (exact) mass is 193 g/mol. The molecule has 0 amide bonds. The van der Waals surface area contributed by atoms with Crippen molar-refractivity contribution in [3.8, 4) is 0 Å². The van der Waals surface area contributed by atoms with Crippen molar-refractivity contribution in [3.63, 3.8) is 0 Å². The summed E-state index contributed by atoms with van der Waals surface area (Å²) in [7, 11) is 0. The van der Waals surface area contributed by atoms with Gasteiger partial charge in [-0.2, -0.15) is 0 Å². The molecule has 1 fully saturated rings. The van der Waals surface area contributed by atoms with E-state index in [4.69, 9.17) is 5.73 Å². The Bertz CT molecular complexity index is 366. The lowest BCUT2D eigenvalue weighted by Gasteiger charge is -2.23. The van der Waals surface area contributed by atoms with E-state index in [0.717, 1.165) is 18.5 Å². The second-order valence-corrected chi connectivity index (χ2v) is 3.70. The van der Waals surface area contributed by atoms with E-state index in [1.165, 1.54) is 19.0 Å². The largest absolute Gasteiger partial charge is 0.394 e. The SMILES string of the molecule is Nc1c[nH]cc([C@@H]2CCCCN2)c1=O. The van der Waals surface area contributed by atoms with E-state index in [-0.39, 0.29) is 11.5 Å². The van der Waals surface area contributed by atoms with Crippen molar-refractivity contribution >= 4 is 5.69 Å². The maximum absolute atomic E-state index is 11.7.